The topological polar surface area (TPSA) is 117 Å². The average Bonchev–Trinajstić information content (AvgIpc) is 3.49. The van der Waals surface area contributed by atoms with E-state index in [9.17, 15) is 19.5 Å². The second-order valence-electron chi connectivity index (χ2n) is 10.9. The van der Waals surface area contributed by atoms with Crippen LogP contribution in [0.15, 0.2) is 24.3 Å². The first-order valence-electron chi connectivity index (χ1n) is 14.2. The van der Waals surface area contributed by atoms with Crippen LogP contribution in [-0.2, 0) is 19.1 Å². The standard InChI is InChI=1S/C29H43N3O6/c1-5-10-19(4)30-26(35)24-29-16-15-28(6-2,38-29)22(23(29)27(36)32(24)17-8-9-18-33)25(34)31-20-11-13-21(14-12-20)37-7-3/h11-14,19,22-24,33H,5-10,15-18H2,1-4H3,(H,30,35)(H,31,34)/t19?,22-,23+,24?,28+,29?/m1/s1. The normalized spacial score (nSPS) is 30.3. The first kappa shape index (κ1) is 28.4. The first-order valence-corrected chi connectivity index (χ1v) is 14.2. The fraction of sp³-hybridized carbons (Fsp3) is 0.690. The van der Waals surface area contributed by atoms with Gasteiger partial charge in [0.15, 0.2) is 0 Å². The summed E-state index contributed by atoms with van der Waals surface area (Å²) in [5.41, 5.74) is -1.21. The molecule has 3 fully saturated rings. The number of rotatable bonds is 13. The van der Waals surface area contributed by atoms with Gasteiger partial charge in [0.2, 0.25) is 17.7 Å². The van der Waals surface area contributed by atoms with Gasteiger partial charge in [0.25, 0.3) is 0 Å². The van der Waals surface area contributed by atoms with E-state index in [1.807, 2.05) is 20.8 Å². The Morgan fingerprint density at radius 1 is 1.16 bits per heavy atom. The zero-order chi connectivity index (χ0) is 27.5. The molecular formula is C29H43N3O6. The van der Waals surface area contributed by atoms with Crippen LogP contribution in [0, 0.1) is 11.8 Å². The lowest BCUT2D eigenvalue weighted by Gasteiger charge is -2.34. The molecule has 3 saturated heterocycles. The molecular weight excluding hydrogens is 486 g/mol. The van der Waals surface area contributed by atoms with Crippen molar-refractivity contribution in [2.75, 3.05) is 25.1 Å². The van der Waals surface area contributed by atoms with Gasteiger partial charge >= 0.3 is 0 Å². The number of carbonyl (C=O) groups is 3. The number of carbonyl (C=O) groups excluding carboxylic acids is 3. The van der Waals surface area contributed by atoms with Crippen molar-refractivity contribution in [3.8, 4) is 5.75 Å². The van der Waals surface area contributed by atoms with Crippen LogP contribution in [0.1, 0.15) is 72.6 Å². The molecule has 9 heteroatoms. The van der Waals surface area contributed by atoms with E-state index in [4.69, 9.17) is 9.47 Å². The van der Waals surface area contributed by atoms with Crippen LogP contribution in [0.2, 0.25) is 0 Å². The lowest BCUT2D eigenvalue weighted by molar-refractivity contribution is -0.146. The molecule has 38 heavy (non-hydrogen) atoms. The second-order valence-corrected chi connectivity index (χ2v) is 10.9. The molecule has 3 N–H and O–H groups in total. The Labute approximate surface area is 225 Å². The summed E-state index contributed by atoms with van der Waals surface area (Å²) < 4.78 is 12.3. The van der Waals surface area contributed by atoms with Crippen LogP contribution in [0.4, 0.5) is 5.69 Å². The quantitative estimate of drug-likeness (QED) is 0.338. The van der Waals surface area contributed by atoms with Gasteiger partial charge in [-0.15, -0.1) is 0 Å². The third-order valence-corrected chi connectivity index (χ3v) is 8.56. The van der Waals surface area contributed by atoms with E-state index in [2.05, 4.69) is 17.6 Å². The predicted octanol–water partition coefficient (Wildman–Crippen LogP) is 3.26. The number of unbranched alkanes of at least 4 members (excludes halogenated alkanes) is 1. The number of hydrogen-bond donors (Lipinski definition) is 3. The number of anilines is 1. The summed E-state index contributed by atoms with van der Waals surface area (Å²) in [6.45, 7) is 8.84. The number of ether oxygens (including phenoxy) is 2. The third-order valence-electron chi connectivity index (χ3n) is 8.56. The Morgan fingerprint density at radius 3 is 2.53 bits per heavy atom. The lowest BCUT2D eigenvalue weighted by atomic mass is 9.65. The maximum absolute atomic E-state index is 14.0. The minimum Gasteiger partial charge on any atom is -0.494 e. The number of hydrogen-bond acceptors (Lipinski definition) is 6. The van der Waals surface area contributed by atoms with Crippen LogP contribution < -0.4 is 15.4 Å². The SMILES string of the molecule is CCCC(C)NC(=O)C1N(CCCCO)C(=O)[C@@H]2[C@H](C(=O)Nc3ccc(OCC)cc3)[C@]3(CC)CCC12O3. The molecule has 1 spiro atoms. The molecule has 0 saturated carbocycles. The number of aliphatic hydroxyl groups is 1. The summed E-state index contributed by atoms with van der Waals surface area (Å²) in [5, 5.41) is 15.4. The van der Waals surface area contributed by atoms with Gasteiger partial charge in [0.05, 0.1) is 24.0 Å². The molecule has 1 aromatic rings. The van der Waals surface area contributed by atoms with Crippen molar-refractivity contribution in [1.29, 1.82) is 0 Å². The molecule has 3 unspecified atom stereocenters. The Bertz CT molecular complexity index is 1020. The maximum atomic E-state index is 14.0. The van der Waals surface area contributed by atoms with Gasteiger partial charge in [0, 0.05) is 24.9 Å². The Kier molecular flexibility index (Phi) is 8.67. The molecule has 0 aromatic heterocycles. The highest BCUT2D eigenvalue weighted by Crippen LogP contribution is 2.64. The van der Waals surface area contributed by atoms with Gasteiger partial charge in [-0.25, -0.2) is 0 Å². The van der Waals surface area contributed by atoms with Gasteiger partial charge in [0.1, 0.15) is 17.4 Å². The summed E-state index contributed by atoms with van der Waals surface area (Å²) in [6.07, 6.45) is 4.62. The van der Waals surface area contributed by atoms with Crippen LogP contribution >= 0.6 is 0 Å². The number of nitrogens with one attached hydrogen (secondary N) is 2. The minimum atomic E-state index is -1.04. The highest BCUT2D eigenvalue weighted by molar-refractivity contribution is 6.02. The van der Waals surface area contributed by atoms with Crippen molar-refractivity contribution in [1.82, 2.24) is 10.2 Å². The van der Waals surface area contributed by atoms with E-state index in [0.29, 0.717) is 56.7 Å². The number of amides is 3. The molecule has 2 bridgehead atoms. The molecule has 3 amide bonds. The van der Waals surface area contributed by atoms with Gasteiger partial charge in [-0.1, -0.05) is 20.3 Å². The Morgan fingerprint density at radius 2 is 1.89 bits per heavy atom. The summed E-state index contributed by atoms with van der Waals surface area (Å²) >= 11 is 0. The highest BCUT2D eigenvalue weighted by Gasteiger charge is 2.78. The first-order chi connectivity index (χ1) is 18.3. The van der Waals surface area contributed by atoms with Crippen molar-refractivity contribution in [3.05, 3.63) is 24.3 Å². The Hall–Kier alpha value is -2.65. The monoisotopic (exact) mass is 529 g/mol. The molecule has 210 valence electrons. The van der Waals surface area contributed by atoms with Crippen molar-refractivity contribution >= 4 is 23.4 Å². The van der Waals surface area contributed by atoms with Crippen LogP contribution in [0.5, 0.6) is 5.75 Å². The van der Waals surface area contributed by atoms with E-state index in [1.165, 1.54) is 0 Å². The van der Waals surface area contributed by atoms with E-state index in [0.717, 1.165) is 12.8 Å². The smallest absolute Gasteiger partial charge is 0.246 e. The van der Waals surface area contributed by atoms with E-state index in [-0.39, 0.29) is 30.4 Å². The van der Waals surface area contributed by atoms with Crippen molar-refractivity contribution in [2.24, 2.45) is 11.8 Å². The number of fused-ring (bicyclic) bond motifs is 1. The van der Waals surface area contributed by atoms with Gasteiger partial charge in [-0.05, 0) is 76.6 Å². The molecule has 3 aliphatic heterocycles. The molecule has 3 aliphatic rings. The predicted molar refractivity (Wildman–Crippen MR) is 144 cm³/mol. The summed E-state index contributed by atoms with van der Waals surface area (Å²) in [5.74, 6) is -1.39. The van der Waals surface area contributed by atoms with Crippen molar-refractivity contribution < 1.29 is 29.0 Å². The van der Waals surface area contributed by atoms with E-state index < -0.39 is 29.1 Å². The molecule has 6 atom stereocenters. The summed E-state index contributed by atoms with van der Waals surface area (Å²) in [6, 6.07) is 6.34. The fourth-order valence-corrected chi connectivity index (χ4v) is 6.90. The molecule has 3 heterocycles. The fourth-order valence-electron chi connectivity index (χ4n) is 6.90. The van der Waals surface area contributed by atoms with Crippen molar-refractivity contribution in [3.63, 3.8) is 0 Å². The molecule has 0 aliphatic carbocycles. The number of likely N-dealkylation sites (tertiary alicyclic amines) is 1. The third kappa shape index (κ3) is 4.91. The average molecular weight is 530 g/mol. The summed E-state index contributed by atoms with van der Waals surface area (Å²) in [4.78, 5) is 43.2. The van der Waals surface area contributed by atoms with Gasteiger partial charge in [-0.3, -0.25) is 14.4 Å². The molecule has 0 radical (unpaired) electrons. The minimum absolute atomic E-state index is 0.0174. The van der Waals surface area contributed by atoms with E-state index >= 15 is 0 Å². The highest BCUT2D eigenvalue weighted by atomic mass is 16.5. The molecule has 4 rings (SSSR count). The largest absolute Gasteiger partial charge is 0.494 e. The maximum Gasteiger partial charge on any atom is 0.246 e. The molecule has 9 nitrogen and oxygen atoms in total. The lowest BCUT2D eigenvalue weighted by Crippen LogP contribution is -2.56. The second kappa shape index (κ2) is 11.6. The number of benzene rings is 1. The zero-order valence-corrected chi connectivity index (χ0v) is 23.1. The van der Waals surface area contributed by atoms with Crippen molar-refractivity contribution in [2.45, 2.75) is 95.9 Å². The van der Waals surface area contributed by atoms with Crippen LogP contribution in [-0.4, -0.2) is 70.8 Å². The van der Waals surface area contributed by atoms with E-state index in [1.54, 1.807) is 29.2 Å². The van der Waals surface area contributed by atoms with Crippen LogP contribution in [0.3, 0.4) is 0 Å². The zero-order valence-electron chi connectivity index (χ0n) is 23.1. The summed E-state index contributed by atoms with van der Waals surface area (Å²) in [7, 11) is 0. The van der Waals surface area contributed by atoms with Gasteiger partial charge in [-0.2, -0.15) is 0 Å². The molecule has 1 aromatic carbocycles. The Balaban J connectivity index is 1.65. The number of aliphatic hydroxyl groups excluding tert-OH is 1. The number of nitrogens with zero attached hydrogens (tertiary/aromatic N) is 1. The van der Waals surface area contributed by atoms with Crippen LogP contribution in [0.25, 0.3) is 0 Å². The van der Waals surface area contributed by atoms with Gasteiger partial charge < -0.3 is 30.1 Å².